The molecular formula is C14H9F3NO4S-. The molecule has 122 valence electrons. The van der Waals surface area contributed by atoms with E-state index in [-0.39, 0.29) is 11.3 Å². The summed E-state index contributed by atoms with van der Waals surface area (Å²) in [6.45, 7) is 0. The third kappa shape index (κ3) is 4.01. The van der Waals surface area contributed by atoms with Crippen LogP contribution < -0.4 is 9.83 Å². The van der Waals surface area contributed by atoms with Gasteiger partial charge in [0.05, 0.1) is 16.4 Å². The van der Waals surface area contributed by atoms with E-state index in [0.29, 0.717) is 6.07 Å². The molecule has 2 aromatic carbocycles. The summed E-state index contributed by atoms with van der Waals surface area (Å²) >= 11 is 0. The molecule has 0 unspecified atom stereocenters. The second-order valence-electron chi connectivity index (χ2n) is 4.50. The maximum absolute atomic E-state index is 12.6. The lowest BCUT2D eigenvalue weighted by atomic mass is 10.2. The number of carbonyl (C=O) groups excluding carboxylic acids is 1. The summed E-state index contributed by atoms with van der Waals surface area (Å²) in [5, 5.41) is 10.7. The molecule has 0 spiro atoms. The summed E-state index contributed by atoms with van der Waals surface area (Å²) in [6, 6.07) is 7.93. The summed E-state index contributed by atoms with van der Waals surface area (Å²) in [5.74, 6) is -1.51. The molecule has 0 aromatic heterocycles. The first kappa shape index (κ1) is 16.8. The molecule has 0 aliphatic carbocycles. The number of hydrogen-bond acceptors (Lipinski definition) is 4. The highest BCUT2D eigenvalue weighted by Crippen LogP contribution is 2.30. The number of nitrogens with one attached hydrogen (secondary N) is 1. The van der Waals surface area contributed by atoms with Crippen molar-refractivity contribution in [2.75, 3.05) is 4.72 Å². The van der Waals surface area contributed by atoms with Crippen molar-refractivity contribution in [3.63, 3.8) is 0 Å². The quantitative estimate of drug-likeness (QED) is 0.917. The van der Waals surface area contributed by atoms with Gasteiger partial charge in [0, 0.05) is 5.69 Å². The predicted octanol–water partition coefficient (Wildman–Crippen LogP) is 1.87. The molecule has 2 aromatic rings. The van der Waals surface area contributed by atoms with Crippen molar-refractivity contribution in [3.8, 4) is 0 Å². The van der Waals surface area contributed by atoms with Gasteiger partial charge >= 0.3 is 6.18 Å². The van der Waals surface area contributed by atoms with E-state index in [1.807, 2.05) is 4.72 Å². The van der Waals surface area contributed by atoms with Crippen molar-refractivity contribution in [2.45, 2.75) is 11.1 Å². The summed E-state index contributed by atoms with van der Waals surface area (Å²) in [6.07, 6.45) is -4.68. The van der Waals surface area contributed by atoms with E-state index < -0.39 is 32.6 Å². The molecule has 5 nitrogen and oxygen atoms in total. The number of halogens is 3. The van der Waals surface area contributed by atoms with Crippen LogP contribution in [0.3, 0.4) is 0 Å². The van der Waals surface area contributed by atoms with Gasteiger partial charge < -0.3 is 9.90 Å². The summed E-state index contributed by atoms with van der Waals surface area (Å²) < 4.78 is 64.2. The summed E-state index contributed by atoms with van der Waals surface area (Å²) in [7, 11) is -4.30. The zero-order chi connectivity index (χ0) is 17.3. The van der Waals surface area contributed by atoms with E-state index in [4.69, 9.17) is 0 Å². The van der Waals surface area contributed by atoms with Crippen LogP contribution in [-0.2, 0) is 16.2 Å². The molecule has 0 atom stereocenters. The monoisotopic (exact) mass is 344 g/mol. The van der Waals surface area contributed by atoms with E-state index in [2.05, 4.69) is 0 Å². The van der Waals surface area contributed by atoms with Gasteiger partial charge in [-0.3, -0.25) is 4.72 Å². The maximum Gasteiger partial charge on any atom is 0.416 e. The number of rotatable bonds is 4. The van der Waals surface area contributed by atoms with E-state index in [9.17, 15) is 31.5 Å². The minimum atomic E-state index is -4.68. The summed E-state index contributed by atoms with van der Waals surface area (Å²) in [4.78, 5) is 10.1. The number of anilines is 1. The van der Waals surface area contributed by atoms with Gasteiger partial charge in [0.25, 0.3) is 10.0 Å². The number of hydrogen-bond donors (Lipinski definition) is 1. The Balaban J connectivity index is 2.36. The SMILES string of the molecule is O=C([O-])c1cccc(NS(=O)(=O)c2cccc(C(F)(F)F)c2)c1. The third-order valence-corrected chi connectivity index (χ3v) is 4.20. The normalized spacial score (nSPS) is 12.0. The smallest absolute Gasteiger partial charge is 0.416 e. The number of alkyl halides is 3. The number of aromatic carboxylic acids is 1. The Morgan fingerprint density at radius 1 is 1.04 bits per heavy atom. The Hall–Kier alpha value is -2.55. The minimum absolute atomic E-state index is 0.107. The first-order valence-electron chi connectivity index (χ1n) is 6.11. The van der Waals surface area contributed by atoms with Gasteiger partial charge in [-0.1, -0.05) is 18.2 Å². The molecule has 1 N–H and O–H groups in total. The van der Waals surface area contributed by atoms with Crippen LogP contribution in [0, 0.1) is 0 Å². The van der Waals surface area contributed by atoms with Crippen LogP contribution in [0.2, 0.25) is 0 Å². The van der Waals surface area contributed by atoms with Crippen molar-refractivity contribution in [1.29, 1.82) is 0 Å². The van der Waals surface area contributed by atoms with Gasteiger partial charge in [-0.05, 0) is 35.9 Å². The Kier molecular flexibility index (Phi) is 4.33. The lowest BCUT2D eigenvalue weighted by Gasteiger charge is -2.12. The average molecular weight is 344 g/mol. The molecule has 23 heavy (non-hydrogen) atoms. The number of benzene rings is 2. The number of carbonyl (C=O) groups is 1. The number of sulfonamides is 1. The zero-order valence-electron chi connectivity index (χ0n) is 11.3. The van der Waals surface area contributed by atoms with Crippen LogP contribution >= 0.6 is 0 Å². The molecule has 0 saturated carbocycles. The average Bonchev–Trinajstić information content (AvgIpc) is 2.46. The Labute approximate surface area is 129 Å². The minimum Gasteiger partial charge on any atom is -0.545 e. The molecule has 2 rings (SSSR count). The molecule has 0 heterocycles. The van der Waals surface area contributed by atoms with Crippen molar-refractivity contribution in [3.05, 3.63) is 59.7 Å². The molecule has 9 heteroatoms. The highest BCUT2D eigenvalue weighted by atomic mass is 32.2. The van der Waals surface area contributed by atoms with Crippen molar-refractivity contribution >= 4 is 21.7 Å². The lowest BCUT2D eigenvalue weighted by molar-refractivity contribution is -0.255. The van der Waals surface area contributed by atoms with Gasteiger partial charge in [0.15, 0.2) is 0 Å². The molecule has 0 aliphatic rings. The van der Waals surface area contributed by atoms with Gasteiger partial charge in [-0.25, -0.2) is 8.42 Å². The van der Waals surface area contributed by atoms with E-state index in [0.717, 1.165) is 24.3 Å². The van der Waals surface area contributed by atoms with Gasteiger partial charge in [-0.2, -0.15) is 13.2 Å². The topological polar surface area (TPSA) is 86.3 Å². The van der Waals surface area contributed by atoms with Crippen molar-refractivity contribution in [2.24, 2.45) is 0 Å². The first-order chi connectivity index (χ1) is 10.6. The summed E-state index contributed by atoms with van der Waals surface area (Å²) in [5.41, 5.74) is -1.48. The van der Waals surface area contributed by atoms with Crippen molar-refractivity contribution in [1.82, 2.24) is 0 Å². The number of carboxylic acid groups (broad SMARTS) is 1. The molecule has 0 aliphatic heterocycles. The fourth-order valence-corrected chi connectivity index (χ4v) is 2.86. The van der Waals surface area contributed by atoms with Crippen LogP contribution in [0.1, 0.15) is 15.9 Å². The van der Waals surface area contributed by atoms with Crippen LogP contribution in [0.4, 0.5) is 18.9 Å². The second kappa shape index (κ2) is 5.92. The Morgan fingerprint density at radius 2 is 1.70 bits per heavy atom. The maximum atomic E-state index is 12.6. The predicted molar refractivity (Wildman–Crippen MR) is 73.0 cm³/mol. The Morgan fingerprint density at radius 3 is 2.30 bits per heavy atom. The van der Waals surface area contributed by atoms with Crippen LogP contribution in [0.25, 0.3) is 0 Å². The zero-order valence-corrected chi connectivity index (χ0v) is 12.1. The van der Waals surface area contributed by atoms with Crippen LogP contribution in [0.15, 0.2) is 53.4 Å². The Bertz CT molecular complexity index is 847. The van der Waals surface area contributed by atoms with E-state index in [1.54, 1.807) is 0 Å². The second-order valence-corrected chi connectivity index (χ2v) is 6.18. The fraction of sp³-hybridized carbons (Fsp3) is 0.0714. The van der Waals surface area contributed by atoms with E-state index >= 15 is 0 Å². The van der Waals surface area contributed by atoms with Gasteiger partial charge in [0.2, 0.25) is 0 Å². The van der Waals surface area contributed by atoms with Gasteiger partial charge in [0.1, 0.15) is 0 Å². The molecule has 0 bridgehead atoms. The van der Waals surface area contributed by atoms with E-state index in [1.165, 1.54) is 18.2 Å². The molecule has 0 fully saturated rings. The standard InChI is InChI=1S/C14H10F3NO4S/c15-14(16,17)10-4-2-6-12(8-10)23(21,22)18-11-5-1-3-9(7-11)13(19)20/h1-8,18H,(H,19,20)/p-1. The van der Waals surface area contributed by atoms with Crippen molar-refractivity contribution < 1.29 is 31.5 Å². The molecular weight excluding hydrogens is 335 g/mol. The van der Waals surface area contributed by atoms with Crippen LogP contribution in [0.5, 0.6) is 0 Å². The molecule has 0 amide bonds. The third-order valence-electron chi connectivity index (χ3n) is 2.82. The van der Waals surface area contributed by atoms with Gasteiger partial charge in [-0.15, -0.1) is 0 Å². The first-order valence-corrected chi connectivity index (χ1v) is 7.59. The lowest BCUT2D eigenvalue weighted by Crippen LogP contribution is -2.22. The largest absolute Gasteiger partial charge is 0.545 e. The highest BCUT2D eigenvalue weighted by molar-refractivity contribution is 7.92. The fourth-order valence-electron chi connectivity index (χ4n) is 1.76. The molecule has 0 radical (unpaired) electrons. The number of carboxylic acids is 1. The highest BCUT2D eigenvalue weighted by Gasteiger charge is 2.31. The van der Waals surface area contributed by atoms with Crippen LogP contribution in [-0.4, -0.2) is 14.4 Å². The molecule has 0 saturated heterocycles.